The summed E-state index contributed by atoms with van der Waals surface area (Å²) in [5.41, 5.74) is 2.71. The Hall–Kier alpha value is -2.93. The van der Waals surface area contributed by atoms with E-state index in [0.29, 0.717) is 18.8 Å². The Kier molecular flexibility index (Phi) is 5.49. The third kappa shape index (κ3) is 4.10. The zero-order chi connectivity index (χ0) is 20.4. The Bertz CT molecular complexity index is 1030. The van der Waals surface area contributed by atoms with Gasteiger partial charge in [0.25, 0.3) is 0 Å². The lowest BCUT2D eigenvalue weighted by Gasteiger charge is -2.18. The number of nitrogens with one attached hydrogen (secondary N) is 2. The van der Waals surface area contributed by atoms with Crippen LogP contribution in [0.3, 0.4) is 0 Å². The summed E-state index contributed by atoms with van der Waals surface area (Å²) in [7, 11) is 0. The lowest BCUT2D eigenvalue weighted by atomic mass is 10.1. The normalized spacial score (nSPS) is 17.4. The smallest absolute Gasteiger partial charge is 0.239 e. The Morgan fingerprint density at radius 1 is 1.24 bits per heavy atom. The highest BCUT2D eigenvalue weighted by molar-refractivity contribution is 9.10. The van der Waals surface area contributed by atoms with Crippen LogP contribution < -0.4 is 10.2 Å². The molecule has 4 rings (SSSR count). The van der Waals surface area contributed by atoms with Gasteiger partial charge in [-0.3, -0.25) is 9.59 Å². The summed E-state index contributed by atoms with van der Waals surface area (Å²) >= 11 is 3.42. The maximum absolute atomic E-state index is 12.8. The summed E-state index contributed by atoms with van der Waals surface area (Å²) in [6.45, 7) is 2.39. The van der Waals surface area contributed by atoms with Gasteiger partial charge in [-0.15, -0.1) is 0 Å². The van der Waals surface area contributed by atoms with Gasteiger partial charge in [0.05, 0.1) is 17.9 Å². The summed E-state index contributed by atoms with van der Waals surface area (Å²) in [5, 5.41) is 2.93. The van der Waals surface area contributed by atoms with Crippen molar-refractivity contribution in [2.75, 3.05) is 11.4 Å². The van der Waals surface area contributed by atoms with Gasteiger partial charge in [-0.1, -0.05) is 52.3 Å². The second-order valence-corrected chi connectivity index (χ2v) is 8.01. The molecule has 2 N–H and O–H groups in total. The molecule has 1 aliphatic heterocycles. The van der Waals surface area contributed by atoms with Gasteiger partial charge in [0, 0.05) is 16.7 Å². The van der Waals surface area contributed by atoms with Gasteiger partial charge in [-0.05, 0) is 37.1 Å². The van der Waals surface area contributed by atoms with E-state index in [4.69, 9.17) is 0 Å². The number of carbonyl (C=O) groups excluding carboxylic acids is 2. The SMILES string of the molecule is CC(NC(=O)C1CCN(c2cccc(Br)c2)C1=O)c1ncc(-c2ccccc2)[nH]1. The first-order chi connectivity index (χ1) is 14.0. The van der Waals surface area contributed by atoms with Crippen molar-refractivity contribution in [3.63, 3.8) is 0 Å². The fourth-order valence-corrected chi connectivity index (χ4v) is 3.91. The number of imidazole rings is 1. The van der Waals surface area contributed by atoms with Crippen LogP contribution in [-0.4, -0.2) is 28.3 Å². The molecule has 29 heavy (non-hydrogen) atoms. The van der Waals surface area contributed by atoms with Crippen LogP contribution in [0.25, 0.3) is 11.3 Å². The fraction of sp³-hybridized carbons (Fsp3) is 0.227. The minimum Gasteiger partial charge on any atom is -0.346 e. The number of carbonyl (C=O) groups is 2. The number of benzene rings is 2. The number of hydrogen-bond donors (Lipinski definition) is 2. The van der Waals surface area contributed by atoms with Crippen molar-refractivity contribution in [1.82, 2.24) is 15.3 Å². The minimum atomic E-state index is -0.681. The van der Waals surface area contributed by atoms with Crippen LogP contribution in [0, 0.1) is 5.92 Å². The minimum absolute atomic E-state index is 0.169. The van der Waals surface area contributed by atoms with Crippen molar-refractivity contribution in [1.29, 1.82) is 0 Å². The van der Waals surface area contributed by atoms with Crippen LogP contribution in [0.1, 0.15) is 25.2 Å². The Labute approximate surface area is 177 Å². The molecule has 0 radical (unpaired) electrons. The van der Waals surface area contributed by atoms with Crippen molar-refractivity contribution >= 4 is 33.4 Å². The van der Waals surface area contributed by atoms with Crippen molar-refractivity contribution in [2.45, 2.75) is 19.4 Å². The van der Waals surface area contributed by atoms with E-state index in [1.807, 2.05) is 61.5 Å². The average molecular weight is 453 g/mol. The van der Waals surface area contributed by atoms with Crippen LogP contribution in [0.2, 0.25) is 0 Å². The summed E-state index contributed by atoms with van der Waals surface area (Å²) in [5.74, 6) is -0.457. The van der Waals surface area contributed by atoms with Crippen molar-refractivity contribution < 1.29 is 9.59 Å². The van der Waals surface area contributed by atoms with Gasteiger partial charge in [0.2, 0.25) is 11.8 Å². The van der Waals surface area contributed by atoms with Crippen LogP contribution >= 0.6 is 15.9 Å². The zero-order valence-electron chi connectivity index (χ0n) is 15.9. The van der Waals surface area contributed by atoms with E-state index >= 15 is 0 Å². The van der Waals surface area contributed by atoms with E-state index in [0.717, 1.165) is 21.4 Å². The van der Waals surface area contributed by atoms with Gasteiger partial charge in [0.15, 0.2) is 0 Å². The molecule has 3 aromatic rings. The second-order valence-electron chi connectivity index (χ2n) is 7.09. The monoisotopic (exact) mass is 452 g/mol. The second kappa shape index (κ2) is 8.21. The van der Waals surface area contributed by atoms with Gasteiger partial charge in [-0.25, -0.2) is 4.98 Å². The third-order valence-corrected chi connectivity index (χ3v) is 5.58. The molecule has 0 aliphatic carbocycles. The number of nitrogens with zero attached hydrogens (tertiary/aromatic N) is 2. The molecule has 0 saturated carbocycles. The fourth-order valence-electron chi connectivity index (χ4n) is 3.53. The largest absolute Gasteiger partial charge is 0.346 e. The molecule has 2 aromatic carbocycles. The molecule has 0 spiro atoms. The maximum atomic E-state index is 12.8. The highest BCUT2D eigenvalue weighted by Gasteiger charge is 2.38. The molecule has 1 saturated heterocycles. The van der Waals surface area contributed by atoms with E-state index in [2.05, 4.69) is 31.2 Å². The molecule has 2 unspecified atom stereocenters. The first-order valence-electron chi connectivity index (χ1n) is 9.50. The maximum Gasteiger partial charge on any atom is 0.239 e. The average Bonchev–Trinajstić information content (AvgIpc) is 3.36. The molecule has 2 amide bonds. The summed E-state index contributed by atoms with van der Waals surface area (Å²) in [4.78, 5) is 34.9. The number of H-pyrrole nitrogens is 1. The number of halogens is 1. The topological polar surface area (TPSA) is 78.1 Å². The van der Waals surface area contributed by atoms with Crippen LogP contribution in [-0.2, 0) is 9.59 Å². The van der Waals surface area contributed by atoms with Crippen molar-refractivity contribution in [3.05, 3.63) is 71.1 Å². The first-order valence-corrected chi connectivity index (χ1v) is 10.3. The molecule has 1 aliphatic rings. The van der Waals surface area contributed by atoms with Gasteiger partial charge >= 0.3 is 0 Å². The molecule has 1 aromatic heterocycles. The number of anilines is 1. The van der Waals surface area contributed by atoms with Crippen molar-refractivity contribution in [3.8, 4) is 11.3 Å². The van der Waals surface area contributed by atoms with Gasteiger partial charge in [0.1, 0.15) is 11.7 Å². The number of amides is 2. The summed E-state index contributed by atoms with van der Waals surface area (Å²) in [6.07, 6.45) is 2.25. The quantitative estimate of drug-likeness (QED) is 0.572. The molecule has 7 heteroatoms. The molecular weight excluding hydrogens is 432 g/mol. The Morgan fingerprint density at radius 3 is 2.79 bits per heavy atom. The van der Waals surface area contributed by atoms with E-state index < -0.39 is 5.92 Å². The van der Waals surface area contributed by atoms with Crippen LogP contribution in [0.15, 0.2) is 65.3 Å². The van der Waals surface area contributed by atoms with E-state index in [9.17, 15) is 9.59 Å². The predicted octanol–water partition coefficient (Wildman–Crippen LogP) is 4.07. The molecule has 0 bridgehead atoms. The summed E-state index contributed by atoms with van der Waals surface area (Å²) < 4.78 is 0.899. The molecular formula is C22H21BrN4O2. The molecule has 6 nitrogen and oxygen atoms in total. The number of aromatic amines is 1. The highest BCUT2D eigenvalue weighted by Crippen LogP contribution is 2.28. The van der Waals surface area contributed by atoms with Gasteiger partial charge in [-0.2, -0.15) is 0 Å². The van der Waals surface area contributed by atoms with Gasteiger partial charge < -0.3 is 15.2 Å². The Morgan fingerprint density at radius 2 is 2.03 bits per heavy atom. The van der Waals surface area contributed by atoms with E-state index in [1.54, 1.807) is 11.1 Å². The standard InChI is InChI=1S/C22H21BrN4O2/c1-14(20-24-13-19(26-20)15-6-3-2-4-7-15)25-21(28)18-10-11-27(22(18)29)17-9-5-8-16(23)12-17/h2-9,12-14,18H,10-11H2,1H3,(H,24,26)(H,25,28). The number of hydrogen-bond acceptors (Lipinski definition) is 3. The first kappa shape index (κ1) is 19.4. The molecule has 148 valence electrons. The zero-order valence-corrected chi connectivity index (χ0v) is 17.5. The Balaban J connectivity index is 1.42. The van der Waals surface area contributed by atoms with E-state index in [1.165, 1.54) is 0 Å². The molecule has 2 heterocycles. The molecule has 2 atom stereocenters. The predicted molar refractivity (Wildman–Crippen MR) is 115 cm³/mol. The van der Waals surface area contributed by atoms with Crippen LogP contribution in [0.4, 0.5) is 5.69 Å². The number of rotatable bonds is 5. The lowest BCUT2D eigenvalue weighted by Crippen LogP contribution is -2.38. The highest BCUT2D eigenvalue weighted by atomic mass is 79.9. The third-order valence-electron chi connectivity index (χ3n) is 5.09. The lowest BCUT2D eigenvalue weighted by molar-refractivity contribution is -0.132. The van der Waals surface area contributed by atoms with Crippen LogP contribution in [0.5, 0.6) is 0 Å². The van der Waals surface area contributed by atoms with Crippen molar-refractivity contribution in [2.24, 2.45) is 5.92 Å². The van der Waals surface area contributed by atoms with E-state index in [-0.39, 0.29) is 17.9 Å². The number of aromatic nitrogens is 2. The summed E-state index contributed by atoms with van der Waals surface area (Å²) in [6, 6.07) is 17.1. The molecule has 1 fully saturated rings.